The predicted octanol–water partition coefficient (Wildman–Crippen LogP) is 4.13. The second kappa shape index (κ2) is 4.82. The first-order valence-electron chi connectivity index (χ1n) is 7.40. The molecule has 3 N–H and O–H groups in total. The molecule has 1 aromatic carbocycles. The van der Waals surface area contributed by atoms with Crippen molar-refractivity contribution in [3.05, 3.63) is 29.8 Å². The van der Waals surface area contributed by atoms with E-state index in [1.807, 2.05) is 0 Å². The minimum Gasteiger partial charge on any atom is -0.381 e. The van der Waals surface area contributed by atoms with Gasteiger partial charge in [-0.1, -0.05) is 45.9 Å². The van der Waals surface area contributed by atoms with Crippen LogP contribution in [0.25, 0.3) is 0 Å². The molecule has 0 heterocycles. The van der Waals surface area contributed by atoms with Gasteiger partial charge < -0.3 is 11.1 Å². The zero-order valence-electron chi connectivity index (χ0n) is 13.0. The third-order valence-electron chi connectivity index (χ3n) is 5.21. The quantitative estimate of drug-likeness (QED) is 0.857. The lowest BCUT2D eigenvalue weighted by Gasteiger charge is -2.39. The molecule has 1 aromatic rings. The lowest BCUT2D eigenvalue weighted by atomic mass is 9.74. The van der Waals surface area contributed by atoms with Crippen molar-refractivity contribution in [3.63, 3.8) is 0 Å². The molecule has 0 saturated heterocycles. The summed E-state index contributed by atoms with van der Waals surface area (Å²) in [5.74, 6) is 0.539. The third kappa shape index (κ3) is 2.51. The summed E-state index contributed by atoms with van der Waals surface area (Å²) in [6.45, 7) is 11.2. The first-order valence-corrected chi connectivity index (χ1v) is 7.40. The molecule has 2 rings (SSSR count). The van der Waals surface area contributed by atoms with E-state index in [4.69, 9.17) is 5.73 Å². The van der Waals surface area contributed by atoms with Crippen molar-refractivity contribution in [2.24, 2.45) is 11.1 Å². The van der Waals surface area contributed by atoms with Crippen molar-refractivity contribution in [3.8, 4) is 0 Å². The van der Waals surface area contributed by atoms with E-state index in [1.54, 1.807) is 0 Å². The number of anilines is 1. The summed E-state index contributed by atoms with van der Waals surface area (Å²) in [5.41, 5.74) is 9.14. The van der Waals surface area contributed by atoms with Crippen LogP contribution >= 0.6 is 0 Å². The van der Waals surface area contributed by atoms with E-state index in [9.17, 15) is 0 Å². The predicted molar refractivity (Wildman–Crippen MR) is 83.5 cm³/mol. The number of hydrogen-bond donors (Lipinski definition) is 2. The Labute approximate surface area is 117 Å². The molecule has 2 heteroatoms. The van der Waals surface area contributed by atoms with Gasteiger partial charge in [-0.25, -0.2) is 0 Å². The lowest BCUT2D eigenvalue weighted by Crippen LogP contribution is -2.51. The number of hydrogen-bond acceptors (Lipinski definition) is 2. The Morgan fingerprint density at radius 3 is 2.37 bits per heavy atom. The van der Waals surface area contributed by atoms with E-state index in [0.717, 1.165) is 12.8 Å². The molecular weight excluding hydrogens is 232 g/mol. The standard InChI is InChI=1S/C17H28N2/c1-12(2)13-8-6-7-9-14(13)19-15-10-11-17(5,18)16(15,3)4/h6-9,12,15,19H,10-11,18H2,1-5H3/t15-,17+/m1/s1. The van der Waals surface area contributed by atoms with Gasteiger partial charge in [0.25, 0.3) is 0 Å². The van der Waals surface area contributed by atoms with Crippen molar-refractivity contribution in [1.82, 2.24) is 0 Å². The molecule has 2 atom stereocenters. The van der Waals surface area contributed by atoms with Gasteiger partial charge in [0.05, 0.1) is 0 Å². The zero-order chi connectivity index (χ0) is 14.3. The molecule has 1 aliphatic rings. The summed E-state index contributed by atoms with van der Waals surface area (Å²) in [5, 5.41) is 3.76. The highest BCUT2D eigenvalue weighted by Crippen LogP contribution is 2.45. The van der Waals surface area contributed by atoms with Gasteiger partial charge in [0.1, 0.15) is 0 Å². The Hall–Kier alpha value is -1.02. The fraction of sp³-hybridized carbons (Fsp3) is 0.647. The average molecular weight is 260 g/mol. The zero-order valence-corrected chi connectivity index (χ0v) is 13.0. The molecule has 106 valence electrons. The molecule has 0 amide bonds. The van der Waals surface area contributed by atoms with Gasteiger partial charge in [0.15, 0.2) is 0 Å². The minimum atomic E-state index is -0.0859. The summed E-state index contributed by atoms with van der Waals surface area (Å²) < 4.78 is 0. The van der Waals surface area contributed by atoms with Crippen LogP contribution in [0.5, 0.6) is 0 Å². The van der Waals surface area contributed by atoms with E-state index < -0.39 is 0 Å². The van der Waals surface area contributed by atoms with Crippen LogP contribution in [0.4, 0.5) is 5.69 Å². The third-order valence-corrected chi connectivity index (χ3v) is 5.21. The van der Waals surface area contributed by atoms with Crippen molar-refractivity contribution < 1.29 is 0 Å². The molecule has 1 fully saturated rings. The van der Waals surface area contributed by atoms with Crippen LogP contribution < -0.4 is 11.1 Å². The van der Waals surface area contributed by atoms with Crippen LogP contribution in [0.2, 0.25) is 0 Å². The van der Waals surface area contributed by atoms with Crippen molar-refractivity contribution in [1.29, 1.82) is 0 Å². The summed E-state index contributed by atoms with van der Waals surface area (Å²) in [7, 11) is 0. The van der Waals surface area contributed by atoms with Gasteiger partial charge >= 0.3 is 0 Å². The van der Waals surface area contributed by atoms with Crippen LogP contribution in [0.3, 0.4) is 0 Å². The Bertz CT molecular complexity index is 446. The fourth-order valence-electron chi connectivity index (χ4n) is 3.10. The van der Waals surface area contributed by atoms with Crippen LogP contribution in [0.15, 0.2) is 24.3 Å². The van der Waals surface area contributed by atoms with Crippen LogP contribution in [-0.4, -0.2) is 11.6 Å². The van der Waals surface area contributed by atoms with Gasteiger partial charge in [-0.15, -0.1) is 0 Å². The average Bonchev–Trinajstić information content (AvgIpc) is 2.52. The Morgan fingerprint density at radius 1 is 1.21 bits per heavy atom. The summed E-state index contributed by atoms with van der Waals surface area (Å²) in [6.07, 6.45) is 2.23. The number of nitrogens with one attached hydrogen (secondary N) is 1. The van der Waals surface area contributed by atoms with Crippen LogP contribution in [0.1, 0.15) is 58.9 Å². The molecule has 1 saturated carbocycles. The summed E-state index contributed by atoms with van der Waals surface area (Å²) >= 11 is 0. The number of benzene rings is 1. The highest BCUT2D eigenvalue weighted by atomic mass is 15.0. The number of para-hydroxylation sites is 1. The van der Waals surface area contributed by atoms with Gasteiger partial charge in [-0.2, -0.15) is 0 Å². The minimum absolute atomic E-state index is 0.0859. The molecule has 0 spiro atoms. The first-order chi connectivity index (χ1) is 8.75. The highest BCUT2D eigenvalue weighted by molar-refractivity contribution is 5.53. The van der Waals surface area contributed by atoms with E-state index in [1.165, 1.54) is 11.3 Å². The van der Waals surface area contributed by atoms with Crippen molar-refractivity contribution in [2.45, 2.75) is 65.0 Å². The summed E-state index contributed by atoms with van der Waals surface area (Å²) in [4.78, 5) is 0. The Morgan fingerprint density at radius 2 is 1.84 bits per heavy atom. The molecule has 0 aliphatic heterocycles. The number of nitrogens with two attached hydrogens (primary N) is 1. The number of rotatable bonds is 3. The van der Waals surface area contributed by atoms with Gasteiger partial charge in [0.2, 0.25) is 0 Å². The molecule has 2 nitrogen and oxygen atoms in total. The topological polar surface area (TPSA) is 38.0 Å². The maximum atomic E-state index is 6.46. The smallest absolute Gasteiger partial charge is 0.0377 e. The second-order valence-corrected chi connectivity index (χ2v) is 7.12. The van der Waals surface area contributed by atoms with Crippen molar-refractivity contribution in [2.75, 3.05) is 5.32 Å². The van der Waals surface area contributed by atoms with E-state index in [-0.39, 0.29) is 11.0 Å². The van der Waals surface area contributed by atoms with Crippen molar-refractivity contribution >= 4 is 5.69 Å². The molecule has 19 heavy (non-hydrogen) atoms. The van der Waals surface area contributed by atoms with E-state index in [0.29, 0.717) is 12.0 Å². The molecule has 0 radical (unpaired) electrons. The molecule has 0 bridgehead atoms. The normalized spacial score (nSPS) is 29.7. The van der Waals surface area contributed by atoms with E-state index in [2.05, 4.69) is 64.2 Å². The van der Waals surface area contributed by atoms with Gasteiger partial charge in [-0.05, 0) is 37.3 Å². The molecule has 1 aliphatic carbocycles. The first kappa shape index (κ1) is 14.4. The van der Waals surface area contributed by atoms with E-state index >= 15 is 0 Å². The van der Waals surface area contributed by atoms with Crippen LogP contribution in [-0.2, 0) is 0 Å². The summed E-state index contributed by atoms with van der Waals surface area (Å²) in [6, 6.07) is 9.08. The monoisotopic (exact) mass is 260 g/mol. The molecule has 0 unspecified atom stereocenters. The lowest BCUT2D eigenvalue weighted by molar-refractivity contribution is 0.215. The van der Waals surface area contributed by atoms with Gasteiger partial charge in [0, 0.05) is 22.7 Å². The fourth-order valence-corrected chi connectivity index (χ4v) is 3.10. The molecule has 0 aromatic heterocycles. The van der Waals surface area contributed by atoms with Gasteiger partial charge in [-0.3, -0.25) is 0 Å². The highest BCUT2D eigenvalue weighted by Gasteiger charge is 2.49. The van der Waals surface area contributed by atoms with Crippen LogP contribution in [0, 0.1) is 5.41 Å². The largest absolute Gasteiger partial charge is 0.381 e. The second-order valence-electron chi connectivity index (χ2n) is 7.12. The Kier molecular flexibility index (Phi) is 3.65. The maximum Gasteiger partial charge on any atom is 0.0377 e. The Balaban J connectivity index is 2.24. The maximum absolute atomic E-state index is 6.46. The SMILES string of the molecule is CC(C)c1ccccc1N[C@@H]1CC[C@](C)(N)C1(C)C. The molecular formula is C17H28N2.